The molecule has 1 fully saturated rings. The van der Waals surface area contributed by atoms with Crippen molar-refractivity contribution in [2.75, 3.05) is 0 Å². The van der Waals surface area contributed by atoms with Crippen molar-refractivity contribution in [1.82, 2.24) is 5.32 Å². The largest absolute Gasteiger partial charge is 0.310 e. The van der Waals surface area contributed by atoms with Crippen LogP contribution in [0.4, 0.5) is 5.69 Å². The van der Waals surface area contributed by atoms with Gasteiger partial charge in [0.15, 0.2) is 0 Å². The molecule has 0 bridgehead atoms. The number of hydrogen-bond acceptors (Lipinski definition) is 3. The number of nitrogens with one attached hydrogen (secondary N) is 1. The van der Waals surface area contributed by atoms with Crippen molar-refractivity contribution in [1.29, 1.82) is 0 Å². The van der Waals surface area contributed by atoms with Gasteiger partial charge in [0.05, 0.1) is 9.40 Å². The molecule has 2 rings (SSSR count). The van der Waals surface area contributed by atoms with Crippen LogP contribution >= 0.6 is 15.9 Å². The number of benzene rings is 1. The van der Waals surface area contributed by atoms with Gasteiger partial charge in [-0.3, -0.25) is 10.1 Å². The first-order valence-corrected chi connectivity index (χ1v) is 6.54. The second-order valence-corrected chi connectivity index (χ2v) is 5.31. The monoisotopic (exact) mass is 298 g/mol. The SMILES string of the molecule is CC(NCc1cccc([N+](=O)[O-])c1Br)C1CC1. The Bertz CT molecular complexity index is 433. The summed E-state index contributed by atoms with van der Waals surface area (Å²) >= 11 is 3.30. The highest BCUT2D eigenvalue weighted by Crippen LogP contribution is 2.33. The molecule has 0 saturated heterocycles. The van der Waals surface area contributed by atoms with Gasteiger partial charge in [0.25, 0.3) is 5.69 Å². The van der Waals surface area contributed by atoms with E-state index in [0.29, 0.717) is 17.1 Å². The van der Waals surface area contributed by atoms with Crippen molar-refractivity contribution in [3.63, 3.8) is 0 Å². The summed E-state index contributed by atoms with van der Waals surface area (Å²) in [6.45, 7) is 2.84. The zero-order valence-corrected chi connectivity index (χ0v) is 11.2. The number of nitro groups is 1. The van der Waals surface area contributed by atoms with Crippen LogP contribution in [0, 0.1) is 16.0 Å². The Hall–Kier alpha value is -0.940. The molecule has 0 aliphatic heterocycles. The van der Waals surface area contributed by atoms with Crippen LogP contribution in [0.2, 0.25) is 0 Å². The molecule has 0 aromatic heterocycles. The van der Waals surface area contributed by atoms with Crippen molar-refractivity contribution in [3.05, 3.63) is 38.3 Å². The van der Waals surface area contributed by atoms with Crippen molar-refractivity contribution in [2.45, 2.75) is 32.4 Å². The lowest BCUT2D eigenvalue weighted by Gasteiger charge is -2.13. The van der Waals surface area contributed by atoms with Crippen LogP contribution in [0.3, 0.4) is 0 Å². The first kappa shape index (κ1) is 12.5. The smallest absolute Gasteiger partial charge is 0.283 e. The normalized spacial score (nSPS) is 16.8. The molecule has 0 amide bonds. The Kier molecular flexibility index (Phi) is 3.79. The Morgan fingerprint density at radius 3 is 2.88 bits per heavy atom. The van der Waals surface area contributed by atoms with Gasteiger partial charge in [-0.1, -0.05) is 12.1 Å². The summed E-state index contributed by atoms with van der Waals surface area (Å²) in [6.07, 6.45) is 2.59. The van der Waals surface area contributed by atoms with E-state index in [4.69, 9.17) is 0 Å². The lowest BCUT2D eigenvalue weighted by atomic mass is 10.1. The predicted molar refractivity (Wildman–Crippen MR) is 69.8 cm³/mol. The summed E-state index contributed by atoms with van der Waals surface area (Å²) in [7, 11) is 0. The third-order valence-electron chi connectivity index (χ3n) is 3.20. The summed E-state index contributed by atoms with van der Waals surface area (Å²) in [6, 6.07) is 5.63. The van der Waals surface area contributed by atoms with Gasteiger partial charge in [0.2, 0.25) is 0 Å². The van der Waals surface area contributed by atoms with Crippen LogP contribution in [-0.2, 0) is 6.54 Å². The number of hydrogen-bond donors (Lipinski definition) is 1. The van der Waals surface area contributed by atoms with E-state index in [1.807, 2.05) is 6.07 Å². The van der Waals surface area contributed by atoms with Crippen LogP contribution in [-0.4, -0.2) is 11.0 Å². The third kappa shape index (κ3) is 3.04. The molecule has 1 aliphatic carbocycles. The van der Waals surface area contributed by atoms with Crippen LogP contribution in [0.15, 0.2) is 22.7 Å². The van der Waals surface area contributed by atoms with Crippen molar-refractivity contribution in [3.8, 4) is 0 Å². The molecule has 4 nitrogen and oxygen atoms in total. The minimum absolute atomic E-state index is 0.128. The summed E-state index contributed by atoms with van der Waals surface area (Å²) in [4.78, 5) is 10.4. The molecule has 92 valence electrons. The Balaban J connectivity index is 2.04. The zero-order chi connectivity index (χ0) is 12.4. The Labute approximate surface area is 109 Å². The zero-order valence-electron chi connectivity index (χ0n) is 9.65. The molecule has 0 heterocycles. The van der Waals surface area contributed by atoms with Gasteiger partial charge in [0, 0.05) is 18.7 Å². The number of rotatable bonds is 5. The molecule has 1 aliphatic rings. The second kappa shape index (κ2) is 5.14. The van der Waals surface area contributed by atoms with Crippen molar-refractivity contribution >= 4 is 21.6 Å². The maximum Gasteiger partial charge on any atom is 0.283 e. The fourth-order valence-corrected chi connectivity index (χ4v) is 2.43. The van der Waals surface area contributed by atoms with E-state index in [-0.39, 0.29) is 10.6 Å². The van der Waals surface area contributed by atoms with Crippen LogP contribution < -0.4 is 5.32 Å². The number of halogens is 1. The molecule has 17 heavy (non-hydrogen) atoms. The summed E-state index contributed by atoms with van der Waals surface area (Å²) in [5.74, 6) is 0.785. The van der Waals surface area contributed by atoms with Gasteiger partial charge >= 0.3 is 0 Å². The average molecular weight is 299 g/mol. The van der Waals surface area contributed by atoms with E-state index in [9.17, 15) is 10.1 Å². The molecular weight excluding hydrogens is 284 g/mol. The lowest BCUT2D eigenvalue weighted by molar-refractivity contribution is -0.385. The van der Waals surface area contributed by atoms with Gasteiger partial charge in [-0.05, 0) is 47.2 Å². The maximum atomic E-state index is 10.8. The van der Waals surface area contributed by atoms with E-state index < -0.39 is 0 Å². The molecule has 1 aromatic rings. The van der Waals surface area contributed by atoms with Crippen LogP contribution in [0.5, 0.6) is 0 Å². The molecule has 0 spiro atoms. The van der Waals surface area contributed by atoms with E-state index in [1.54, 1.807) is 6.07 Å². The van der Waals surface area contributed by atoms with E-state index >= 15 is 0 Å². The maximum absolute atomic E-state index is 10.8. The predicted octanol–water partition coefficient (Wildman–Crippen LogP) is 3.25. The van der Waals surface area contributed by atoms with Gasteiger partial charge in [-0.25, -0.2) is 0 Å². The van der Waals surface area contributed by atoms with Gasteiger partial charge in [-0.2, -0.15) is 0 Å². The molecule has 1 atom stereocenters. The average Bonchev–Trinajstić information content (AvgIpc) is 3.10. The van der Waals surface area contributed by atoms with E-state index in [1.165, 1.54) is 18.9 Å². The Morgan fingerprint density at radius 1 is 1.59 bits per heavy atom. The van der Waals surface area contributed by atoms with Gasteiger partial charge in [0.1, 0.15) is 0 Å². The molecule has 1 N–H and O–H groups in total. The highest BCUT2D eigenvalue weighted by Gasteiger charge is 2.27. The summed E-state index contributed by atoms with van der Waals surface area (Å²) < 4.78 is 0.584. The summed E-state index contributed by atoms with van der Waals surface area (Å²) in [5, 5.41) is 14.2. The quantitative estimate of drug-likeness (QED) is 0.670. The highest BCUT2D eigenvalue weighted by molar-refractivity contribution is 9.10. The highest BCUT2D eigenvalue weighted by atomic mass is 79.9. The minimum atomic E-state index is -0.363. The topological polar surface area (TPSA) is 55.2 Å². The molecule has 5 heteroatoms. The van der Waals surface area contributed by atoms with E-state index in [0.717, 1.165) is 11.5 Å². The fourth-order valence-electron chi connectivity index (χ4n) is 1.88. The Morgan fingerprint density at radius 2 is 2.29 bits per heavy atom. The molecular formula is C12H15BrN2O2. The van der Waals surface area contributed by atoms with Crippen LogP contribution in [0.25, 0.3) is 0 Å². The van der Waals surface area contributed by atoms with Crippen molar-refractivity contribution < 1.29 is 4.92 Å². The standard InChI is InChI=1S/C12H15BrN2O2/c1-8(9-5-6-9)14-7-10-3-2-4-11(12(10)13)15(16)17/h2-4,8-9,14H,5-7H2,1H3. The third-order valence-corrected chi connectivity index (χ3v) is 4.11. The molecule has 1 saturated carbocycles. The number of nitrogens with zero attached hydrogens (tertiary/aromatic N) is 1. The number of nitro benzene ring substituents is 1. The van der Waals surface area contributed by atoms with Gasteiger partial charge < -0.3 is 5.32 Å². The lowest BCUT2D eigenvalue weighted by Crippen LogP contribution is -2.27. The molecule has 0 radical (unpaired) electrons. The first-order chi connectivity index (χ1) is 8.09. The first-order valence-electron chi connectivity index (χ1n) is 5.74. The van der Waals surface area contributed by atoms with Gasteiger partial charge in [-0.15, -0.1) is 0 Å². The van der Waals surface area contributed by atoms with Crippen molar-refractivity contribution in [2.24, 2.45) is 5.92 Å². The fraction of sp³-hybridized carbons (Fsp3) is 0.500. The minimum Gasteiger partial charge on any atom is -0.310 e. The van der Waals surface area contributed by atoms with E-state index in [2.05, 4.69) is 28.2 Å². The summed E-state index contributed by atoms with van der Waals surface area (Å²) in [5.41, 5.74) is 1.06. The molecule has 1 unspecified atom stereocenters. The molecule has 1 aromatic carbocycles. The van der Waals surface area contributed by atoms with Crippen LogP contribution in [0.1, 0.15) is 25.3 Å². The second-order valence-electron chi connectivity index (χ2n) is 4.51.